The standard InChI is InChI=1S/C26H29N5O4S3/c1-5-18-14-30(8-7-9-31(18)22(32)6-2)25(34)19-11-21(16(3)10-20(19)35-4)37-23-13-27-26(38-23)29-24(33)17-12-28-36-15-17/h6,10-13,15,18H,2,5,7-9,14H2,1,3-4H3,(H,27,29,33). The van der Waals surface area contributed by atoms with Gasteiger partial charge in [-0.15, -0.1) is 0 Å². The summed E-state index contributed by atoms with van der Waals surface area (Å²) in [5.41, 5.74) is 1.92. The Morgan fingerprint density at radius 2 is 2.11 bits per heavy atom. The number of thiazole rings is 1. The zero-order valence-corrected chi connectivity index (χ0v) is 23.9. The van der Waals surface area contributed by atoms with Gasteiger partial charge in [0, 0.05) is 36.0 Å². The van der Waals surface area contributed by atoms with E-state index in [-0.39, 0.29) is 23.8 Å². The summed E-state index contributed by atoms with van der Waals surface area (Å²) in [7, 11) is 1.56. The van der Waals surface area contributed by atoms with Crippen LogP contribution in [-0.2, 0) is 4.79 Å². The maximum Gasteiger partial charge on any atom is 0.259 e. The van der Waals surface area contributed by atoms with Crippen molar-refractivity contribution in [3.63, 3.8) is 0 Å². The van der Waals surface area contributed by atoms with Gasteiger partial charge in [-0.1, -0.05) is 36.6 Å². The third kappa shape index (κ3) is 6.25. The maximum absolute atomic E-state index is 13.7. The van der Waals surface area contributed by atoms with Crippen LogP contribution in [0.4, 0.5) is 5.13 Å². The van der Waals surface area contributed by atoms with Crippen LogP contribution in [0.5, 0.6) is 5.75 Å². The van der Waals surface area contributed by atoms with Gasteiger partial charge in [0.2, 0.25) is 5.91 Å². The van der Waals surface area contributed by atoms with Crippen molar-refractivity contribution in [1.29, 1.82) is 0 Å². The van der Waals surface area contributed by atoms with Crippen LogP contribution in [0.1, 0.15) is 46.0 Å². The van der Waals surface area contributed by atoms with Crippen molar-refractivity contribution in [2.75, 3.05) is 32.1 Å². The summed E-state index contributed by atoms with van der Waals surface area (Å²) >= 11 is 4.05. The Hall–Kier alpha value is -3.22. The number of rotatable bonds is 8. The lowest BCUT2D eigenvalue weighted by Crippen LogP contribution is -2.44. The number of aromatic nitrogens is 2. The van der Waals surface area contributed by atoms with Crippen molar-refractivity contribution in [1.82, 2.24) is 19.2 Å². The normalized spacial score (nSPS) is 15.6. The van der Waals surface area contributed by atoms with Gasteiger partial charge in [-0.05, 0) is 55.1 Å². The molecule has 12 heteroatoms. The Balaban J connectivity index is 1.53. The summed E-state index contributed by atoms with van der Waals surface area (Å²) in [5.74, 6) is 0.0192. The van der Waals surface area contributed by atoms with Crippen molar-refractivity contribution in [2.24, 2.45) is 0 Å². The lowest BCUT2D eigenvalue weighted by atomic mass is 10.1. The van der Waals surface area contributed by atoms with Gasteiger partial charge >= 0.3 is 0 Å². The first-order valence-corrected chi connectivity index (χ1v) is 14.6. The van der Waals surface area contributed by atoms with Crippen LogP contribution in [-0.4, -0.2) is 69.7 Å². The molecule has 1 saturated heterocycles. The zero-order chi connectivity index (χ0) is 27.2. The quantitative estimate of drug-likeness (QED) is 0.381. The molecule has 1 aliphatic heterocycles. The second kappa shape index (κ2) is 12.5. The molecule has 1 N–H and O–H groups in total. The number of hydrogen-bond acceptors (Lipinski definition) is 9. The number of benzene rings is 1. The summed E-state index contributed by atoms with van der Waals surface area (Å²) in [6, 6.07) is 3.65. The van der Waals surface area contributed by atoms with Crippen LogP contribution in [0, 0.1) is 6.92 Å². The number of carbonyl (C=O) groups is 3. The van der Waals surface area contributed by atoms with E-state index in [1.165, 1.54) is 46.9 Å². The summed E-state index contributed by atoms with van der Waals surface area (Å²) in [4.78, 5) is 47.3. The topological polar surface area (TPSA) is 105 Å². The average Bonchev–Trinajstić information content (AvgIpc) is 3.57. The van der Waals surface area contributed by atoms with Crippen LogP contribution < -0.4 is 10.1 Å². The molecule has 0 saturated carbocycles. The van der Waals surface area contributed by atoms with Gasteiger partial charge < -0.3 is 14.5 Å². The fourth-order valence-corrected chi connectivity index (χ4v) is 6.69. The number of ether oxygens (including phenoxy) is 1. The third-order valence-corrected chi connectivity index (χ3v) is 9.01. The van der Waals surface area contributed by atoms with E-state index in [0.717, 1.165) is 21.1 Å². The maximum atomic E-state index is 13.7. The second-order valence-electron chi connectivity index (χ2n) is 8.67. The Bertz CT molecular complexity index is 1320. The first-order valence-electron chi connectivity index (χ1n) is 12.1. The second-order valence-corrected chi connectivity index (χ2v) is 11.7. The van der Waals surface area contributed by atoms with Gasteiger partial charge in [0.1, 0.15) is 5.75 Å². The van der Waals surface area contributed by atoms with Crippen molar-refractivity contribution in [3.8, 4) is 5.75 Å². The van der Waals surface area contributed by atoms with Gasteiger partial charge in [0.25, 0.3) is 11.8 Å². The summed E-state index contributed by atoms with van der Waals surface area (Å²) in [5, 5.41) is 4.96. The molecule has 3 amide bonds. The molecular formula is C26H29N5O4S3. The first kappa shape index (κ1) is 27.8. The zero-order valence-electron chi connectivity index (χ0n) is 21.4. The highest BCUT2D eigenvalue weighted by Crippen LogP contribution is 2.38. The van der Waals surface area contributed by atoms with Crippen LogP contribution in [0.15, 0.2) is 51.7 Å². The molecule has 0 aliphatic carbocycles. The van der Waals surface area contributed by atoms with E-state index < -0.39 is 0 Å². The van der Waals surface area contributed by atoms with Gasteiger partial charge in [0.05, 0.1) is 34.8 Å². The molecule has 3 heterocycles. The lowest BCUT2D eigenvalue weighted by molar-refractivity contribution is -0.128. The molecule has 200 valence electrons. The molecule has 0 radical (unpaired) electrons. The van der Waals surface area contributed by atoms with Crippen LogP contribution in [0.25, 0.3) is 0 Å². The minimum atomic E-state index is -0.255. The van der Waals surface area contributed by atoms with Crippen molar-refractivity contribution in [3.05, 3.63) is 59.3 Å². The molecule has 1 atom stereocenters. The number of anilines is 1. The number of amides is 3. The average molecular weight is 572 g/mol. The molecule has 1 unspecified atom stereocenters. The number of nitrogens with zero attached hydrogens (tertiary/aromatic N) is 4. The Kier molecular flexibility index (Phi) is 9.18. The summed E-state index contributed by atoms with van der Waals surface area (Å²) in [6.45, 7) is 9.19. The number of methoxy groups -OCH3 is 1. The van der Waals surface area contributed by atoms with E-state index in [9.17, 15) is 14.4 Å². The SMILES string of the molecule is C=CC(=O)N1CCCN(C(=O)c2cc(Sc3cnc(NC(=O)c4cnsc4)s3)c(C)cc2OC)CC1CC. The summed E-state index contributed by atoms with van der Waals surface area (Å²) < 4.78 is 10.4. The van der Waals surface area contributed by atoms with E-state index in [4.69, 9.17) is 4.74 Å². The molecule has 1 fully saturated rings. The van der Waals surface area contributed by atoms with Crippen molar-refractivity contribution in [2.45, 2.75) is 41.8 Å². The van der Waals surface area contributed by atoms with E-state index in [1.54, 1.807) is 18.7 Å². The lowest BCUT2D eigenvalue weighted by Gasteiger charge is -2.30. The third-order valence-electron chi connectivity index (χ3n) is 6.25. The van der Waals surface area contributed by atoms with E-state index in [1.807, 2.05) is 35.8 Å². The number of carbonyl (C=O) groups excluding carboxylic acids is 3. The highest BCUT2D eigenvalue weighted by Gasteiger charge is 2.30. The fraction of sp³-hybridized carbons (Fsp3) is 0.346. The molecule has 9 nitrogen and oxygen atoms in total. The number of hydrogen-bond donors (Lipinski definition) is 1. The molecule has 2 aromatic heterocycles. The molecule has 0 bridgehead atoms. The van der Waals surface area contributed by atoms with Crippen LogP contribution in [0.3, 0.4) is 0 Å². The van der Waals surface area contributed by atoms with E-state index in [2.05, 4.69) is 21.3 Å². The molecule has 3 aromatic rings. The summed E-state index contributed by atoms with van der Waals surface area (Å²) in [6.07, 6.45) is 5.98. The predicted molar refractivity (Wildman–Crippen MR) is 151 cm³/mol. The molecular weight excluding hydrogens is 543 g/mol. The van der Waals surface area contributed by atoms with Crippen molar-refractivity contribution >= 4 is 57.5 Å². The minimum Gasteiger partial charge on any atom is -0.496 e. The first-order chi connectivity index (χ1) is 18.3. The Labute approximate surface area is 234 Å². The highest BCUT2D eigenvalue weighted by molar-refractivity contribution is 8.01. The van der Waals surface area contributed by atoms with Gasteiger partial charge in [-0.25, -0.2) is 9.36 Å². The van der Waals surface area contributed by atoms with Crippen LogP contribution >= 0.6 is 34.6 Å². The Morgan fingerprint density at radius 3 is 2.79 bits per heavy atom. The Morgan fingerprint density at radius 1 is 1.29 bits per heavy atom. The molecule has 0 spiro atoms. The fourth-order valence-electron chi connectivity index (χ4n) is 4.24. The van der Waals surface area contributed by atoms with Gasteiger partial charge in [-0.3, -0.25) is 19.7 Å². The van der Waals surface area contributed by atoms with E-state index in [0.29, 0.717) is 48.1 Å². The molecule has 38 heavy (non-hydrogen) atoms. The molecule has 4 rings (SSSR count). The van der Waals surface area contributed by atoms with Gasteiger partial charge in [-0.2, -0.15) is 0 Å². The minimum absolute atomic E-state index is 0.0760. The molecule has 1 aliphatic rings. The number of nitrogens with one attached hydrogen (secondary N) is 1. The molecule has 1 aromatic carbocycles. The van der Waals surface area contributed by atoms with Crippen molar-refractivity contribution < 1.29 is 19.1 Å². The van der Waals surface area contributed by atoms with Gasteiger partial charge in [0.15, 0.2) is 5.13 Å². The monoisotopic (exact) mass is 571 g/mol. The largest absolute Gasteiger partial charge is 0.496 e. The van der Waals surface area contributed by atoms with Crippen LogP contribution in [0.2, 0.25) is 0 Å². The predicted octanol–water partition coefficient (Wildman–Crippen LogP) is 4.96. The smallest absolute Gasteiger partial charge is 0.259 e. The highest BCUT2D eigenvalue weighted by atomic mass is 32.2. The number of aryl methyl sites for hydroxylation is 1. The van der Waals surface area contributed by atoms with E-state index >= 15 is 0 Å².